The van der Waals surface area contributed by atoms with Gasteiger partial charge in [-0.05, 0) is 42.5 Å². The molecule has 10 heteroatoms. The van der Waals surface area contributed by atoms with Gasteiger partial charge in [-0.2, -0.15) is 10.2 Å². The molecule has 0 aliphatic heterocycles. The number of benzene rings is 3. The van der Waals surface area contributed by atoms with E-state index >= 15 is 0 Å². The Hall–Kier alpha value is -4.73. The minimum absolute atomic E-state index is 0.0719. The minimum atomic E-state index is -0.591. The highest BCUT2D eigenvalue weighted by molar-refractivity contribution is 5.91. The molecule has 0 atom stereocenters. The summed E-state index contributed by atoms with van der Waals surface area (Å²) in [5.74, 6) is -0.447. The van der Waals surface area contributed by atoms with Crippen molar-refractivity contribution in [3.8, 4) is 0 Å². The van der Waals surface area contributed by atoms with Gasteiger partial charge in [0.1, 0.15) is 6.54 Å². The monoisotopic (exact) mass is 428 g/mol. The number of rotatable bonds is 6. The fourth-order valence-electron chi connectivity index (χ4n) is 2.95. The summed E-state index contributed by atoms with van der Waals surface area (Å²) in [5, 5.41) is 22.0. The minimum Gasteiger partial charge on any atom is -0.325 e. The van der Waals surface area contributed by atoms with Gasteiger partial charge in [0.25, 0.3) is 11.2 Å². The van der Waals surface area contributed by atoms with E-state index in [4.69, 9.17) is 0 Å². The molecule has 0 bridgehead atoms. The molecule has 0 radical (unpaired) electrons. The molecule has 4 rings (SSSR count). The lowest BCUT2D eigenvalue weighted by atomic mass is 10.2. The van der Waals surface area contributed by atoms with Crippen molar-refractivity contribution in [1.82, 2.24) is 9.55 Å². The van der Waals surface area contributed by atoms with Crippen LogP contribution >= 0.6 is 0 Å². The molecule has 32 heavy (non-hydrogen) atoms. The number of carbonyl (C=O) groups excluding carboxylic acids is 1. The highest BCUT2D eigenvalue weighted by Gasteiger charge is 2.12. The summed E-state index contributed by atoms with van der Waals surface area (Å²) in [5.41, 5.74) is 1.42. The molecule has 1 heterocycles. The summed E-state index contributed by atoms with van der Waals surface area (Å²) >= 11 is 0. The second kappa shape index (κ2) is 8.96. The van der Waals surface area contributed by atoms with Crippen molar-refractivity contribution in [1.29, 1.82) is 0 Å². The van der Waals surface area contributed by atoms with E-state index < -0.39 is 16.4 Å². The molecular weight excluding hydrogens is 412 g/mol. The number of non-ortho nitro benzene ring substituents is 1. The van der Waals surface area contributed by atoms with Crippen molar-refractivity contribution < 1.29 is 9.72 Å². The van der Waals surface area contributed by atoms with E-state index in [1.165, 1.54) is 18.5 Å². The summed E-state index contributed by atoms with van der Waals surface area (Å²) in [6.45, 7) is -0.292. The largest absolute Gasteiger partial charge is 0.325 e. The van der Waals surface area contributed by atoms with Gasteiger partial charge in [-0.1, -0.05) is 18.2 Å². The molecule has 0 fully saturated rings. The van der Waals surface area contributed by atoms with Gasteiger partial charge >= 0.3 is 0 Å². The quantitative estimate of drug-likeness (QED) is 0.277. The number of carbonyl (C=O) groups is 1. The molecule has 0 saturated carbocycles. The Balaban J connectivity index is 1.45. The Bertz CT molecular complexity index is 1380. The Morgan fingerprint density at radius 3 is 2.38 bits per heavy atom. The first-order valence-electron chi connectivity index (χ1n) is 9.50. The molecule has 0 saturated heterocycles. The Kier molecular flexibility index (Phi) is 5.75. The highest BCUT2D eigenvalue weighted by atomic mass is 16.6. The van der Waals surface area contributed by atoms with Crippen molar-refractivity contribution in [3.05, 3.63) is 99.6 Å². The average Bonchev–Trinajstić information content (AvgIpc) is 2.81. The van der Waals surface area contributed by atoms with E-state index in [1.807, 2.05) is 30.3 Å². The number of amides is 1. The van der Waals surface area contributed by atoms with Crippen LogP contribution in [0, 0.1) is 10.1 Å². The summed E-state index contributed by atoms with van der Waals surface area (Å²) in [6, 6.07) is 19.9. The van der Waals surface area contributed by atoms with Crippen LogP contribution in [0.5, 0.6) is 0 Å². The molecule has 158 valence electrons. The average molecular weight is 428 g/mol. The molecule has 0 aliphatic rings. The molecule has 0 spiro atoms. The van der Waals surface area contributed by atoms with Crippen molar-refractivity contribution in [2.75, 3.05) is 5.32 Å². The molecule has 1 N–H and O–H groups in total. The van der Waals surface area contributed by atoms with Crippen LogP contribution in [0.4, 0.5) is 22.7 Å². The third kappa shape index (κ3) is 4.70. The molecular formula is C22H16N6O4. The van der Waals surface area contributed by atoms with E-state index in [0.29, 0.717) is 16.9 Å². The second-order valence-corrected chi connectivity index (χ2v) is 6.77. The zero-order valence-electron chi connectivity index (χ0n) is 16.6. The van der Waals surface area contributed by atoms with Crippen molar-refractivity contribution in [2.24, 2.45) is 10.2 Å². The highest BCUT2D eigenvalue weighted by Crippen LogP contribution is 2.20. The third-order valence-electron chi connectivity index (χ3n) is 4.52. The molecule has 1 aromatic heterocycles. The third-order valence-corrected chi connectivity index (χ3v) is 4.52. The zero-order chi connectivity index (χ0) is 22.5. The van der Waals surface area contributed by atoms with Crippen LogP contribution in [0.1, 0.15) is 0 Å². The van der Waals surface area contributed by atoms with E-state index in [-0.39, 0.29) is 17.6 Å². The van der Waals surface area contributed by atoms with Gasteiger partial charge in [0.15, 0.2) is 0 Å². The fourth-order valence-corrected chi connectivity index (χ4v) is 2.95. The van der Waals surface area contributed by atoms with Gasteiger partial charge in [-0.3, -0.25) is 24.3 Å². The number of nitrogens with one attached hydrogen (secondary N) is 1. The Labute approximate surface area is 181 Å². The predicted octanol–water partition coefficient (Wildman–Crippen LogP) is 4.36. The second-order valence-electron chi connectivity index (χ2n) is 6.77. The van der Waals surface area contributed by atoms with Crippen LogP contribution in [0.15, 0.2) is 94.1 Å². The molecule has 0 aliphatic carbocycles. The molecule has 1 amide bonds. The Morgan fingerprint density at radius 1 is 1.00 bits per heavy atom. The molecule has 4 aromatic rings. The van der Waals surface area contributed by atoms with Crippen LogP contribution < -0.4 is 10.9 Å². The number of nitrogens with zero attached hydrogens (tertiary/aromatic N) is 5. The fraction of sp³-hybridized carbons (Fsp3) is 0.0455. The molecule has 10 nitrogen and oxygen atoms in total. The number of anilines is 1. The maximum absolute atomic E-state index is 12.6. The smallest absolute Gasteiger partial charge is 0.270 e. The van der Waals surface area contributed by atoms with E-state index in [2.05, 4.69) is 20.5 Å². The summed E-state index contributed by atoms with van der Waals surface area (Å²) in [4.78, 5) is 39.5. The number of hydrogen-bond acceptors (Lipinski definition) is 7. The van der Waals surface area contributed by atoms with E-state index in [1.54, 1.807) is 24.3 Å². The van der Waals surface area contributed by atoms with Gasteiger partial charge < -0.3 is 5.32 Å². The molecule has 0 unspecified atom stereocenters. The maximum atomic E-state index is 12.6. The standard InChI is InChI=1S/C22H16N6O4/c29-21(13-27-14-23-20-11-10-18(28(31)32)12-19(20)22(27)30)24-15-6-8-17(9-7-15)26-25-16-4-2-1-3-5-16/h1-12,14H,13H2,(H,24,29). The first-order valence-corrected chi connectivity index (χ1v) is 9.50. The SMILES string of the molecule is O=C(Cn1cnc2ccc([N+](=O)[O-])cc2c1=O)Nc1ccc(N=Nc2ccccc2)cc1. The normalized spacial score (nSPS) is 11.0. The van der Waals surface area contributed by atoms with Crippen LogP contribution in [0.2, 0.25) is 0 Å². The number of fused-ring (bicyclic) bond motifs is 1. The number of nitro groups is 1. The van der Waals surface area contributed by atoms with Crippen LogP contribution in [-0.4, -0.2) is 20.4 Å². The van der Waals surface area contributed by atoms with Crippen molar-refractivity contribution >= 4 is 39.6 Å². The maximum Gasteiger partial charge on any atom is 0.270 e. The van der Waals surface area contributed by atoms with Crippen molar-refractivity contribution in [2.45, 2.75) is 6.54 Å². The van der Waals surface area contributed by atoms with Gasteiger partial charge in [0.05, 0.1) is 33.5 Å². The van der Waals surface area contributed by atoms with Crippen LogP contribution in [0.25, 0.3) is 10.9 Å². The first kappa shape index (κ1) is 20.5. The van der Waals surface area contributed by atoms with Crippen LogP contribution in [0.3, 0.4) is 0 Å². The van der Waals surface area contributed by atoms with Crippen LogP contribution in [-0.2, 0) is 11.3 Å². The summed E-state index contributed by atoms with van der Waals surface area (Å²) in [7, 11) is 0. The first-order chi connectivity index (χ1) is 15.5. The van der Waals surface area contributed by atoms with E-state index in [0.717, 1.165) is 16.3 Å². The van der Waals surface area contributed by atoms with Gasteiger partial charge in [0, 0.05) is 17.8 Å². The lowest BCUT2D eigenvalue weighted by molar-refractivity contribution is -0.384. The summed E-state index contributed by atoms with van der Waals surface area (Å²) in [6.07, 6.45) is 1.24. The predicted molar refractivity (Wildman–Crippen MR) is 118 cm³/mol. The number of azo groups is 1. The van der Waals surface area contributed by atoms with Crippen molar-refractivity contribution in [3.63, 3.8) is 0 Å². The topological polar surface area (TPSA) is 132 Å². The van der Waals surface area contributed by atoms with Gasteiger partial charge in [0.2, 0.25) is 5.91 Å². The van der Waals surface area contributed by atoms with Gasteiger partial charge in [-0.25, -0.2) is 4.98 Å². The number of nitro benzene ring substituents is 1. The summed E-state index contributed by atoms with van der Waals surface area (Å²) < 4.78 is 1.10. The van der Waals surface area contributed by atoms with Gasteiger partial charge in [-0.15, -0.1) is 0 Å². The number of hydrogen-bond donors (Lipinski definition) is 1. The van der Waals surface area contributed by atoms with E-state index in [9.17, 15) is 19.7 Å². The number of aromatic nitrogens is 2. The Morgan fingerprint density at radius 2 is 1.69 bits per heavy atom. The lowest BCUT2D eigenvalue weighted by Crippen LogP contribution is -2.27. The molecule has 3 aromatic carbocycles. The lowest BCUT2D eigenvalue weighted by Gasteiger charge is -2.08. The zero-order valence-corrected chi connectivity index (χ0v) is 16.6.